The smallest absolute Gasteiger partial charge is 0.256 e. The van der Waals surface area contributed by atoms with Crippen molar-refractivity contribution in [3.05, 3.63) is 53.3 Å². The average Bonchev–Trinajstić information content (AvgIpc) is 3.25. The van der Waals surface area contributed by atoms with E-state index in [0.29, 0.717) is 28.6 Å². The Labute approximate surface area is 143 Å². The van der Waals surface area contributed by atoms with Crippen LogP contribution in [0.5, 0.6) is 0 Å². The molecule has 122 valence electrons. The molecule has 0 radical (unpaired) electrons. The number of anilines is 1. The van der Waals surface area contributed by atoms with Crippen molar-refractivity contribution < 1.29 is 9.59 Å². The lowest BCUT2D eigenvalue weighted by molar-refractivity contribution is -0.119. The largest absolute Gasteiger partial charge is 0.352 e. The number of aromatic nitrogens is 1. The van der Waals surface area contributed by atoms with Gasteiger partial charge < -0.3 is 15.2 Å². The number of H-pyrrole nitrogens is 1. The van der Waals surface area contributed by atoms with E-state index in [-0.39, 0.29) is 11.8 Å². The van der Waals surface area contributed by atoms with Gasteiger partial charge in [0.15, 0.2) is 0 Å². The number of carbonyl (C=O) groups is 2. The maximum Gasteiger partial charge on any atom is 0.256 e. The van der Waals surface area contributed by atoms with Crippen molar-refractivity contribution in [1.82, 2.24) is 9.88 Å². The highest BCUT2D eigenvalue weighted by molar-refractivity contribution is 7.99. The maximum atomic E-state index is 12.6. The summed E-state index contributed by atoms with van der Waals surface area (Å²) in [6.07, 6.45) is 1.50. The van der Waals surface area contributed by atoms with E-state index in [0.717, 1.165) is 5.56 Å². The Morgan fingerprint density at radius 2 is 2.12 bits per heavy atom. The topological polar surface area (TPSA) is 89.0 Å². The van der Waals surface area contributed by atoms with Crippen LogP contribution in [0.2, 0.25) is 0 Å². The average molecular weight is 340 g/mol. The van der Waals surface area contributed by atoms with Crippen molar-refractivity contribution in [1.29, 1.82) is 5.26 Å². The van der Waals surface area contributed by atoms with Gasteiger partial charge in [-0.15, -0.1) is 11.8 Å². The molecule has 0 unspecified atom stereocenters. The van der Waals surface area contributed by atoms with Crippen LogP contribution >= 0.6 is 11.8 Å². The van der Waals surface area contributed by atoms with E-state index >= 15 is 0 Å². The number of nitrogens with one attached hydrogen (secondary N) is 2. The molecule has 2 aromatic rings. The Kier molecular flexibility index (Phi) is 4.58. The molecular weight excluding hydrogens is 324 g/mol. The molecule has 1 fully saturated rings. The highest BCUT2D eigenvalue weighted by atomic mass is 32.2. The van der Waals surface area contributed by atoms with Gasteiger partial charge in [-0.3, -0.25) is 9.59 Å². The summed E-state index contributed by atoms with van der Waals surface area (Å²) in [6.45, 7) is 1.98. The number of hydrogen-bond acceptors (Lipinski definition) is 4. The van der Waals surface area contributed by atoms with Gasteiger partial charge in [-0.25, -0.2) is 0 Å². The number of rotatable bonds is 3. The highest BCUT2D eigenvalue weighted by Crippen LogP contribution is 2.24. The van der Waals surface area contributed by atoms with Crippen molar-refractivity contribution in [2.75, 3.05) is 16.9 Å². The first-order valence-corrected chi connectivity index (χ1v) is 8.58. The first kappa shape index (κ1) is 16.1. The van der Waals surface area contributed by atoms with Crippen LogP contribution in [-0.2, 0) is 4.79 Å². The number of nitriles is 1. The van der Waals surface area contributed by atoms with Crippen molar-refractivity contribution in [2.45, 2.75) is 13.0 Å². The summed E-state index contributed by atoms with van der Waals surface area (Å²) < 4.78 is 0. The van der Waals surface area contributed by atoms with Gasteiger partial charge in [-0.1, -0.05) is 17.7 Å². The normalized spacial score (nSPS) is 16.7. The Balaban J connectivity index is 1.72. The second-order valence-electron chi connectivity index (χ2n) is 5.56. The van der Waals surface area contributed by atoms with Crippen LogP contribution in [0.1, 0.15) is 21.6 Å². The number of thioether (sulfide) groups is 1. The molecule has 2 heterocycles. The van der Waals surface area contributed by atoms with Gasteiger partial charge in [0.25, 0.3) is 5.91 Å². The van der Waals surface area contributed by atoms with E-state index in [1.807, 2.05) is 37.3 Å². The lowest BCUT2D eigenvalue weighted by atomic mass is 10.2. The van der Waals surface area contributed by atoms with E-state index in [4.69, 9.17) is 5.26 Å². The number of aryl methyl sites for hydroxylation is 1. The minimum atomic E-state index is -0.524. The van der Waals surface area contributed by atoms with Crippen LogP contribution in [0.15, 0.2) is 36.5 Å². The summed E-state index contributed by atoms with van der Waals surface area (Å²) in [5.41, 5.74) is 2.54. The van der Waals surface area contributed by atoms with Crippen LogP contribution < -0.4 is 5.32 Å². The molecule has 2 N–H and O–H groups in total. The van der Waals surface area contributed by atoms with Crippen LogP contribution in [0.4, 0.5) is 5.69 Å². The monoisotopic (exact) mass is 340 g/mol. The quantitative estimate of drug-likeness (QED) is 0.897. The molecule has 0 bridgehead atoms. The second-order valence-corrected chi connectivity index (χ2v) is 6.56. The van der Waals surface area contributed by atoms with Crippen molar-refractivity contribution in [3.8, 4) is 6.07 Å². The first-order valence-electron chi connectivity index (χ1n) is 7.43. The number of aromatic amines is 1. The molecule has 0 spiro atoms. The molecule has 6 nitrogen and oxygen atoms in total. The summed E-state index contributed by atoms with van der Waals surface area (Å²) in [5.74, 6) is 0.562. The Hall–Kier alpha value is -2.72. The predicted octanol–water partition coefficient (Wildman–Crippen LogP) is 2.35. The van der Waals surface area contributed by atoms with Crippen LogP contribution in [0, 0.1) is 18.3 Å². The van der Waals surface area contributed by atoms with E-state index in [1.165, 1.54) is 24.0 Å². The van der Waals surface area contributed by atoms with E-state index in [9.17, 15) is 9.59 Å². The Morgan fingerprint density at radius 3 is 2.79 bits per heavy atom. The van der Waals surface area contributed by atoms with Gasteiger partial charge in [0, 0.05) is 17.6 Å². The first-order chi connectivity index (χ1) is 11.6. The number of nitrogens with zero attached hydrogens (tertiary/aromatic N) is 2. The van der Waals surface area contributed by atoms with Gasteiger partial charge in [-0.2, -0.15) is 5.26 Å². The summed E-state index contributed by atoms with van der Waals surface area (Å²) in [5, 5.41) is 11.7. The maximum absolute atomic E-state index is 12.6. The minimum Gasteiger partial charge on any atom is -0.352 e. The summed E-state index contributed by atoms with van der Waals surface area (Å²) in [6, 6.07) is 10.5. The molecule has 2 amide bonds. The third-order valence-electron chi connectivity index (χ3n) is 3.82. The summed E-state index contributed by atoms with van der Waals surface area (Å²) >= 11 is 1.54. The van der Waals surface area contributed by atoms with Crippen LogP contribution in [0.3, 0.4) is 0 Å². The number of carbonyl (C=O) groups excluding carboxylic acids is 2. The molecule has 1 aliphatic heterocycles. The molecule has 7 heteroatoms. The van der Waals surface area contributed by atoms with E-state index in [2.05, 4.69) is 10.3 Å². The van der Waals surface area contributed by atoms with Crippen molar-refractivity contribution in [2.24, 2.45) is 0 Å². The van der Waals surface area contributed by atoms with Gasteiger partial charge in [-0.05, 0) is 25.1 Å². The molecule has 1 aromatic carbocycles. The van der Waals surface area contributed by atoms with Crippen molar-refractivity contribution >= 4 is 29.3 Å². The van der Waals surface area contributed by atoms with Gasteiger partial charge >= 0.3 is 0 Å². The lowest BCUT2D eigenvalue weighted by Gasteiger charge is -2.22. The molecular formula is C17H16N4O2S. The molecule has 0 saturated carbocycles. The second kappa shape index (κ2) is 6.81. The van der Waals surface area contributed by atoms with Gasteiger partial charge in [0.2, 0.25) is 5.91 Å². The third kappa shape index (κ3) is 3.29. The summed E-state index contributed by atoms with van der Waals surface area (Å²) in [7, 11) is 0. The zero-order chi connectivity index (χ0) is 17.1. The van der Waals surface area contributed by atoms with E-state index < -0.39 is 6.04 Å². The standard InChI is InChI=1S/C17H16N4O2S/c1-11-2-4-13(5-3-11)20-16(22)15-9-24-10-21(15)17(23)12-6-14(7-18)19-8-12/h2-6,8,15,19H,9-10H2,1H3,(H,20,22)/t15-/m1/s1. The fourth-order valence-electron chi connectivity index (χ4n) is 2.47. The molecule has 1 aliphatic rings. The molecule has 24 heavy (non-hydrogen) atoms. The lowest BCUT2D eigenvalue weighted by Crippen LogP contribution is -2.44. The SMILES string of the molecule is Cc1ccc(NC(=O)[C@H]2CSCN2C(=O)c2c[nH]c(C#N)c2)cc1. The fraction of sp³-hybridized carbons (Fsp3) is 0.235. The Morgan fingerprint density at radius 1 is 1.38 bits per heavy atom. The zero-order valence-corrected chi connectivity index (χ0v) is 13.9. The zero-order valence-electron chi connectivity index (χ0n) is 13.1. The van der Waals surface area contributed by atoms with Crippen LogP contribution in [0.25, 0.3) is 0 Å². The van der Waals surface area contributed by atoms with Gasteiger partial charge in [0.1, 0.15) is 17.8 Å². The predicted molar refractivity (Wildman–Crippen MR) is 92.6 cm³/mol. The number of hydrogen-bond donors (Lipinski definition) is 2. The minimum absolute atomic E-state index is 0.201. The highest BCUT2D eigenvalue weighted by Gasteiger charge is 2.35. The molecule has 1 aromatic heterocycles. The molecule has 0 aliphatic carbocycles. The fourth-order valence-corrected chi connectivity index (χ4v) is 3.62. The van der Waals surface area contributed by atoms with Crippen molar-refractivity contribution in [3.63, 3.8) is 0 Å². The van der Waals surface area contributed by atoms with E-state index in [1.54, 1.807) is 4.90 Å². The number of benzene rings is 1. The number of amides is 2. The van der Waals surface area contributed by atoms with Crippen LogP contribution in [-0.4, -0.2) is 39.4 Å². The molecule has 1 atom stereocenters. The molecule has 3 rings (SSSR count). The molecule has 1 saturated heterocycles. The Bertz CT molecular complexity index is 807. The summed E-state index contributed by atoms with van der Waals surface area (Å²) in [4.78, 5) is 29.4. The third-order valence-corrected chi connectivity index (χ3v) is 4.83. The van der Waals surface area contributed by atoms with Gasteiger partial charge in [0.05, 0.1) is 11.4 Å².